The van der Waals surface area contributed by atoms with Gasteiger partial charge < -0.3 is 14.8 Å². The van der Waals surface area contributed by atoms with Crippen LogP contribution in [0.2, 0.25) is 0 Å². The van der Waals surface area contributed by atoms with Gasteiger partial charge in [0.15, 0.2) is 0 Å². The van der Waals surface area contributed by atoms with Crippen LogP contribution in [0.15, 0.2) is 0 Å². The summed E-state index contributed by atoms with van der Waals surface area (Å²) in [7, 11) is 1.70. The highest BCUT2D eigenvalue weighted by atomic mass is 16.5. The second-order valence-corrected chi connectivity index (χ2v) is 4.75. The quantitative estimate of drug-likeness (QED) is 0.615. The van der Waals surface area contributed by atoms with Crippen molar-refractivity contribution in [1.82, 2.24) is 5.32 Å². The van der Waals surface area contributed by atoms with Crippen molar-refractivity contribution < 1.29 is 9.47 Å². The molecule has 1 aliphatic carbocycles. The largest absolute Gasteiger partial charge is 0.382 e. The predicted molar refractivity (Wildman–Crippen MR) is 66.7 cm³/mol. The summed E-state index contributed by atoms with van der Waals surface area (Å²) in [6.45, 7) is 5.65. The Morgan fingerprint density at radius 2 is 1.94 bits per heavy atom. The van der Waals surface area contributed by atoms with Gasteiger partial charge in [0.05, 0.1) is 13.2 Å². The molecule has 1 aliphatic rings. The normalized spacial score (nSPS) is 19.1. The van der Waals surface area contributed by atoms with Crippen LogP contribution in [0.5, 0.6) is 0 Å². The number of methoxy groups -OCH3 is 1. The summed E-state index contributed by atoms with van der Waals surface area (Å²) in [6.07, 6.45) is 6.78. The first-order chi connectivity index (χ1) is 7.84. The van der Waals surface area contributed by atoms with Crippen molar-refractivity contribution in [2.24, 2.45) is 5.92 Å². The molecule has 1 rings (SSSR count). The maximum Gasteiger partial charge on any atom is 0.0700 e. The summed E-state index contributed by atoms with van der Waals surface area (Å²) < 4.78 is 10.3. The Hall–Kier alpha value is -0.120. The van der Waals surface area contributed by atoms with E-state index in [0.717, 1.165) is 25.5 Å². The molecule has 0 amide bonds. The zero-order chi connectivity index (χ0) is 11.6. The second kappa shape index (κ2) is 8.97. The van der Waals surface area contributed by atoms with Gasteiger partial charge in [-0.3, -0.25) is 0 Å². The van der Waals surface area contributed by atoms with Crippen molar-refractivity contribution in [1.29, 1.82) is 0 Å². The van der Waals surface area contributed by atoms with E-state index in [-0.39, 0.29) is 0 Å². The molecular formula is C13H27NO2. The van der Waals surface area contributed by atoms with E-state index in [2.05, 4.69) is 12.2 Å². The first kappa shape index (κ1) is 13.9. The lowest BCUT2D eigenvalue weighted by atomic mass is 10.00. The third-order valence-electron chi connectivity index (χ3n) is 3.47. The van der Waals surface area contributed by atoms with Crippen molar-refractivity contribution >= 4 is 0 Å². The van der Waals surface area contributed by atoms with Crippen LogP contribution in [0.1, 0.15) is 39.0 Å². The van der Waals surface area contributed by atoms with E-state index >= 15 is 0 Å². The number of hydrogen-bond acceptors (Lipinski definition) is 3. The van der Waals surface area contributed by atoms with Gasteiger partial charge in [-0.15, -0.1) is 0 Å². The van der Waals surface area contributed by atoms with Gasteiger partial charge in [-0.05, 0) is 38.6 Å². The lowest BCUT2D eigenvalue weighted by Gasteiger charge is -2.20. The highest BCUT2D eigenvalue weighted by Gasteiger charge is 2.20. The van der Waals surface area contributed by atoms with Gasteiger partial charge in [0.2, 0.25) is 0 Å². The van der Waals surface area contributed by atoms with Gasteiger partial charge in [0.25, 0.3) is 0 Å². The van der Waals surface area contributed by atoms with Gasteiger partial charge in [0.1, 0.15) is 0 Å². The van der Waals surface area contributed by atoms with Gasteiger partial charge in [0, 0.05) is 19.8 Å². The van der Waals surface area contributed by atoms with Crippen LogP contribution in [-0.2, 0) is 9.47 Å². The van der Waals surface area contributed by atoms with Crippen LogP contribution in [0, 0.1) is 5.92 Å². The Morgan fingerprint density at radius 1 is 1.19 bits per heavy atom. The topological polar surface area (TPSA) is 30.5 Å². The fraction of sp³-hybridized carbons (Fsp3) is 1.00. The Labute approximate surface area is 99.9 Å². The molecule has 0 spiro atoms. The second-order valence-electron chi connectivity index (χ2n) is 4.75. The van der Waals surface area contributed by atoms with Crippen molar-refractivity contribution in [3.05, 3.63) is 0 Å². The minimum absolute atomic E-state index is 0.682. The van der Waals surface area contributed by atoms with E-state index < -0.39 is 0 Å². The zero-order valence-electron chi connectivity index (χ0n) is 10.8. The first-order valence-corrected chi connectivity index (χ1v) is 6.64. The van der Waals surface area contributed by atoms with Crippen LogP contribution in [-0.4, -0.2) is 39.5 Å². The number of ether oxygens (including phenoxy) is 2. The fourth-order valence-corrected chi connectivity index (χ4v) is 2.37. The van der Waals surface area contributed by atoms with Crippen molar-refractivity contribution in [2.75, 3.05) is 33.5 Å². The monoisotopic (exact) mass is 229 g/mol. The van der Waals surface area contributed by atoms with Crippen LogP contribution in [0.4, 0.5) is 0 Å². The van der Waals surface area contributed by atoms with Crippen molar-refractivity contribution in [2.45, 2.75) is 45.1 Å². The molecule has 0 aromatic heterocycles. The summed E-state index contributed by atoms with van der Waals surface area (Å²) in [5.74, 6) is 0.911. The molecule has 0 aliphatic heterocycles. The van der Waals surface area contributed by atoms with E-state index in [4.69, 9.17) is 9.47 Å². The summed E-state index contributed by atoms with van der Waals surface area (Å²) in [5, 5.41) is 3.60. The van der Waals surface area contributed by atoms with Gasteiger partial charge in [-0.2, -0.15) is 0 Å². The minimum atomic E-state index is 0.682. The molecule has 1 saturated carbocycles. The lowest BCUT2D eigenvalue weighted by Crippen LogP contribution is -2.33. The summed E-state index contributed by atoms with van der Waals surface area (Å²) >= 11 is 0. The highest BCUT2D eigenvalue weighted by molar-refractivity contribution is 4.76. The van der Waals surface area contributed by atoms with E-state index in [1.807, 2.05) is 0 Å². The van der Waals surface area contributed by atoms with E-state index in [9.17, 15) is 0 Å². The third-order valence-corrected chi connectivity index (χ3v) is 3.47. The number of rotatable bonds is 9. The molecule has 1 N–H and O–H groups in total. The number of nitrogens with one attached hydrogen (secondary N) is 1. The Morgan fingerprint density at radius 3 is 2.62 bits per heavy atom. The molecule has 16 heavy (non-hydrogen) atoms. The van der Waals surface area contributed by atoms with Crippen molar-refractivity contribution in [3.8, 4) is 0 Å². The van der Waals surface area contributed by atoms with Crippen molar-refractivity contribution in [3.63, 3.8) is 0 Å². The molecule has 0 aromatic rings. The molecule has 96 valence electrons. The molecule has 0 bridgehead atoms. The van der Waals surface area contributed by atoms with Crippen LogP contribution >= 0.6 is 0 Å². The highest BCUT2D eigenvalue weighted by Crippen LogP contribution is 2.27. The van der Waals surface area contributed by atoms with Gasteiger partial charge in [-0.1, -0.05) is 12.8 Å². The molecule has 1 atom stereocenters. The zero-order valence-corrected chi connectivity index (χ0v) is 10.8. The average Bonchev–Trinajstić information content (AvgIpc) is 2.81. The van der Waals surface area contributed by atoms with Gasteiger partial charge in [-0.25, -0.2) is 0 Å². The molecule has 0 aromatic carbocycles. The molecule has 3 heteroatoms. The predicted octanol–water partition coefficient (Wildman–Crippen LogP) is 2.21. The third kappa shape index (κ3) is 5.83. The lowest BCUT2D eigenvalue weighted by molar-refractivity contribution is 0.0691. The van der Waals surface area contributed by atoms with Crippen LogP contribution < -0.4 is 5.32 Å². The Kier molecular flexibility index (Phi) is 7.81. The molecule has 0 radical (unpaired) electrons. The molecule has 0 heterocycles. The van der Waals surface area contributed by atoms with E-state index in [1.54, 1.807) is 7.11 Å². The van der Waals surface area contributed by atoms with E-state index in [0.29, 0.717) is 19.3 Å². The maximum atomic E-state index is 5.42. The SMILES string of the molecule is COCCOCCCNC(C)C1CCCC1. The molecular weight excluding hydrogens is 202 g/mol. The molecule has 1 unspecified atom stereocenters. The van der Waals surface area contributed by atoms with Crippen LogP contribution in [0.25, 0.3) is 0 Å². The average molecular weight is 229 g/mol. The Bertz CT molecular complexity index is 158. The fourth-order valence-electron chi connectivity index (χ4n) is 2.37. The minimum Gasteiger partial charge on any atom is -0.382 e. The standard InChI is InChI=1S/C13H27NO2/c1-12(13-6-3-4-7-13)14-8-5-9-16-11-10-15-2/h12-14H,3-11H2,1-2H3. The van der Waals surface area contributed by atoms with Crippen LogP contribution in [0.3, 0.4) is 0 Å². The van der Waals surface area contributed by atoms with E-state index in [1.165, 1.54) is 25.7 Å². The summed E-state index contributed by atoms with van der Waals surface area (Å²) in [5.41, 5.74) is 0. The molecule has 3 nitrogen and oxygen atoms in total. The first-order valence-electron chi connectivity index (χ1n) is 6.64. The molecule has 1 fully saturated rings. The summed E-state index contributed by atoms with van der Waals surface area (Å²) in [6, 6.07) is 0.682. The smallest absolute Gasteiger partial charge is 0.0700 e. The number of hydrogen-bond donors (Lipinski definition) is 1. The summed E-state index contributed by atoms with van der Waals surface area (Å²) in [4.78, 5) is 0. The Balaban J connectivity index is 1.86. The van der Waals surface area contributed by atoms with Gasteiger partial charge >= 0.3 is 0 Å². The maximum absolute atomic E-state index is 5.42. The molecule has 0 saturated heterocycles.